The highest BCUT2D eigenvalue weighted by Gasteiger charge is 2.50. The van der Waals surface area contributed by atoms with Crippen LogP contribution >= 0.6 is 0 Å². The first-order valence-corrected chi connectivity index (χ1v) is 7.34. The first-order chi connectivity index (χ1) is 9.69. The van der Waals surface area contributed by atoms with Gasteiger partial charge < -0.3 is 10.4 Å². The van der Waals surface area contributed by atoms with Crippen molar-refractivity contribution in [3.63, 3.8) is 0 Å². The van der Waals surface area contributed by atoms with Crippen LogP contribution in [0.15, 0.2) is 24.3 Å². The van der Waals surface area contributed by atoms with Crippen molar-refractivity contribution in [2.45, 2.75) is 43.9 Å². The maximum absolute atomic E-state index is 12.9. The SMILES string of the molecule is O=C(NCCCCCCO)C1(c2ccc(F)cc2)CC1. The first-order valence-electron chi connectivity index (χ1n) is 7.34. The lowest BCUT2D eigenvalue weighted by atomic mass is 9.95. The third-order valence-corrected chi connectivity index (χ3v) is 3.95. The maximum Gasteiger partial charge on any atom is 0.230 e. The summed E-state index contributed by atoms with van der Waals surface area (Å²) in [7, 11) is 0. The molecule has 1 aliphatic rings. The zero-order chi connectivity index (χ0) is 14.4. The van der Waals surface area contributed by atoms with Gasteiger partial charge in [-0.15, -0.1) is 0 Å². The number of hydrogen-bond acceptors (Lipinski definition) is 2. The number of benzene rings is 1. The summed E-state index contributed by atoms with van der Waals surface area (Å²) in [5.41, 5.74) is 0.496. The van der Waals surface area contributed by atoms with Crippen molar-refractivity contribution in [1.29, 1.82) is 0 Å². The Morgan fingerprint density at radius 1 is 1.15 bits per heavy atom. The van der Waals surface area contributed by atoms with Crippen LogP contribution in [0, 0.1) is 5.82 Å². The van der Waals surface area contributed by atoms with Crippen LogP contribution in [0.25, 0.3) is 0 Å². The lowest BCUT2D eigenvalue weighted by Crippen LogP contribution is -2.35. The fourth-order valence-corrected chi connectivity index (χ4v) is 2.50. The second-order valence-corrected chi connectivity index (χ2v) is 5.48. The van der Waals surface area contributed by atoms with Gasteiger partial charge in [0, 0.05) is 13.2 Å². The molecule has 0 aliphatic heterocycles. The molecule has 110 valence electrons. The molecule has 2 N–H and O–H groups in total. The minimum Gasteiger partial charge on any atom is -0.396 e. The van der Waals surface area contributed by atoms with Gasteiger partial charge in [-0.05, 0) is 43.4 Å². The highest BCUT2D eigenvalue weighted by Crippen LogP contribution is 2.48. The zero-order valence-corrected chi connectivity index (χ0v) is 11.7. The van der Waals surface area contributed by atoms with E-state index in [2.05, 4.69) is 5.32 Å². The molecule has 0 radical (unpaired) electrons. The number of aliphatic hydroxyl groups excluding tert-OH is 1. The van der Waals surface area contributed by atoms with Crippen molar-refractivity contribution in [2.75, 3.05) is 13.2 Å². The van der Waals surface area contributed by atoms with Crippen LogP contribution in [0.3, 0.4) is 0 Å². The van der Waals surface area contributed by atoms with Gasteiger partial charge >= 0.3 is 0 Å². The van der Waals surface area contributed by atoms with Gasteiger partial charge in [0.25, 0.3) is 0 Å². The molecule has 3 nitrogen and oxygen atoms in total. The molecule has 0 atom stereocenters. The van der Waals surface area contributed by atoms with E-state index in [0.717, 1.165) is 44.1 Å². The van der Waals surface area contributed by atoms with E-state index in [1.807, 2.05) is 0 Å². The van der Waals surface area contributed by atoms with Gasteiger partial charge in [0.1, 0.15) is 5.82 Å². The smallest absolute Gasteiger partial charge is 0.230 e. The molecule has 4 heteroatoms. The molecule has 1 aliphatic carbocycles. The summed E-state index contributed by atoms with van der Waals surface area (Å²) in [5, 5.41) is 11.7. The van der Waals surface area contributed by atoms with E-state index < -0.39 is 5.41 Å². The molecule has 1 aromatic rings. The number of carbonyl (C=O) groups is 1. The molecule has 20 heavy (non-hydrogen) atoms. The summed E-state index contributed by atoms with van der Waals surface area (Å²) in [6, 6.07) is 6.25. The minimum absolute atomic E-state index is 0.0614. The summed E-state index contributed by atoms with van der Waals surface area (Å²) in [5.74, 6) is -0.208. The van der Waals surface area contributed by atoms with Crippen molar-refractivity contribution >= 4 is 5.91 Å². The Kier molecular flexibility index (Phi) is 5.12. The van der Waals surface area contributed by atoms with Crippen molar-refractivity contribution in [1.82, 2.24) is 5.32 Å². The lowest BCUT2D eigenvalue weighted by Gasteiger charge is -2.15. The number of nitrogens with one attached hydrogen (secondary N) is 1. The molecule has 0 heterocycles. The molecule has 0 unspecified atom stereocenters. The largest absolute Gasteiger partial charge is 0.396 e. The van der Waals surface area contributed by atoms with Crippen LogP contribution in [0.5, 0.6) is 0 Å². The molecule has 0 bridgehead atoms. The number of aliphatic hydroxyl groups is 1. The Labute approximate surface area is 119 Å². The number of rotatable bonds is 8. The predicted octanol–water partition coefficient (Wildman–Crippen LogP) is 2.53. The van der Waals surface area contributed by atoms with Gasteiger partial charge in [-0.2, -0.15) is 0 Å². The number of amides is 1. The number of unbranched alkanes of at least 4 members (excludes halogenated alkanes) is 3. The van der Waals surface area contributed by atoms with Gasteiger partial charge in [-0.25, -0.2) is 4.39 Å². The Bertz CT molecular complexity index is 440. The van der Waals surface area contributed by atoms with Crippen LogP contribution in [0.1, 0.15) is 44.1 Å². The van der Waals surface area contributed by atoms with Gasteiger partial charge in [-0.3, -0.25) is 4.79 Å². The highest BCUT2D eigenvalue weighted by atomic mass is 19.1. The monoisotopic (exact) mass is 279 g/mol. The standard InChI is InChI=1S/C16H22FNO2/c17-14-7-5-13(6-8-14)16(9-10-16)15(20)18-11-3-1-2-4-12-19/h5-8,19H,1-4,9-12H2,(H,18,20). The Morgan fingerprint density at radius 3 is 2.40 bits per heavy atom. The summed E-state index contributed by atoms with van der Waals surface area (Å²) in [6.45, 7) is 0.910. The molecule has 2 rings (SSSR count). The van der Waals surface area contributed by atoms with E-state index in [4.69, 9.17) is 5.11 Å². The Balaban J connectivity index is 1.78. The third kappa shape index (κ3) is 3.57. The van der Waals surface area contributed by atoms with Crippen molar-refractivity contribution < 1.29 is 14.3 Å². The second-order valence-electron chi connectivity index (χ2n) is 5.48. The fourth-order valence-electron chi connectivity index (χ4n) is 2.50. The highest BCUT2D eigenvalue weighted by molar-refractivity contribution is 5.91. The summed E-state index contributed by atoms with van der Waals surface area (Å²) in [4.78, 5) is 12.3. The van der Waals surface area contributed by atoms with Crippen molar-refractivity contribution in [3.05, 3.63) is 35.6 Å². The van der Waals surface area contributed by atoms with E-state index in [0.29, 0.717) is 6.54 Å². The topological polar surface area (TPSA) is 49.3 Å². The predicted molar refractivity (Wildman–Crippen MR) is 75.9 cm³/mol. The summed E-state index contributed by atoms with van der Waals surface area (Å²) in [6.07, 6.45) is 5.46. The van der Waals surface area contributed by atoms with E-state index in [1.165, 1.54) is 12.1 Å². The van der Waals surface area contributed by atoms with E-state index in [1.54, 1.807) is 12.1 Å². The van der Waals surface area contributed by atoms with Crippen LogP contribution < -0.4 is 5.32 Å². The molecule has 0 aromatic heterocycles. The third-order valence-electron chi connectivity index (χ3n) is 3.95. The molecule has 1 saturated carbocycles. The molecular weight excluding hydrogens is 257 g/mol. The van der Waals surface area contributed by atoms with Crippen molar-refractivity contribution in [2.24, 2.45) is 0 Å². The number of hydrogen-bond donors (Lipinski definition) is 2. The van der Waals surface area contributed by atoms with Gasteiger partial charge in [-0.1, -0.05) is 25.0 Å². The number of halogens is 1. The molecule has 1 aromatic carbocycles. The Hall–Kier alpha value is -1.42. The molecule has 0 spiro atoms. The normalized spacial score (nSPS) is 15.9. The molecule has 1 fully saturated rings. The quantitative estimate of drug-likeness (QED) is 0.718. The van der Waals surface area contributed by atoms with Gasteiger partial charge in [0.2, 0.25) is 5.91 Å². The molecule has 0 saturated heterocycles. The van der Waals surface area contributed by atoms with Crippen LogP contribution in [-0.2, 0) is 10.2 Å². The van der Waals surface area contributed by atoms with E-state index in [9.17, 15) is 9.18 Å². The average Bonchev–Trinajstić information content (AvgIpc) is 3.25. The lowest BCUT2D eigenvalue weighted by molar-refractivity contribution is -0.123. The van der Waals surface area contributed by atoms with Gasteiger partial charge in [0.15, 0.2) is 0 Å². The van der Waals surface area contributed by atoms with Crippen molar-refractivity contribution in [3.8, 4) is 0 Å². The van der Waals surface area contributed by atoms with Gasteiger partial charge in [0.05, 0.1) is 5.41 Å². The molecule has 1 amide bonds. The zero-order valence-electron chi connectivity index (χ0n) is 11.7. The average molecular weight is 279 g/mol. The summed E-state index contributed by atoms with van der Waals surface area (Å²) >= 11 is 0. The van der Waals surface area contributed by atoms with E-state index >= 15 is 0 Å². The van der Waals surface area contributed by atoms with E-state index in [-0.39, 0.29) is 18.3 Å². The maximum atomic E-state index is 12.9. The second kappa shape index (κ2) is 6.84. The van der Waals surface area contributed by atoms with Crippen LogP contribution in [0.2, 0.25) is 0 Å². The molecular formula is C16H22FNO2. The first kappa shape index (κ1) is 15.0. The van der Waals surface area contributed by atoms with Crippen LogP contribution in [0.4, 0.5) is 4.39 Å². The minimum atomic E-state index is -0.418. The fraction of sp³-hybridized carbons (Fsp3) is 0.562. The van der Waals surface area contributed by atoms with Crippen LogP contribution in [-0.4, -0.2) is 24.2 Å². The summed E-state index contributed by atoms with van der Waals surface area (Å²) < 4.78 is 12.9. The number of carbonyl (C=O) groups excluding carboxylic acids is 1. The Morgan fingerprint density at radius 2 is 1.80 bits per heavy atom.